The van der Waals surface area contributed by atoms with Crippen LogP contribution in [-0.4, -0.2) is 24.2 Å². The summed E-state index contributed by atoms with van der Waals surface area (Å²) in [7, 11) is 3.12. The first kappa shape index (κ1) is 16.3. The number of para-hydroxylation sites is 1. The molecule has 0 fully saturated rings. The zero-order valence-electron chi connectivity index (χ0n) is 13.9. The number of methoxy groups -OCH3 is 2. The molecule has 0 saturated carbocycles. The summed E-state index contributed by atoms with van der Waals surface area (Å²) in [5.41, 5.74) is 8.88. The SMILES string of the molecule is COc1cccc(-c2cc(-c3ccccn3)nc(N)c2C#N)c1OC. The third kappa shape index (κ3) is 2.95. The minimum absolute atomic E-state index is 0.144. The van der Waals surface area contributed by atoms with Gasteiger partial charge in [-0.1, -0.05) is 18.2 Å². The van der Waals surface area contributed by atoms with Crippen LogP contribution in [0.5, 0.6) is 11.5 Å². The van der Waals surface area contributed by atoms with Gasteiger partial charge in [0.1, 0.15) is 17.5 Å². The Bertz CT molecular complexity index is 950. The quantitative estimate of drug-likeness (QED) is 0.788. The van der Waals surface area contributed by atoms with E-state index in [4.69, 9.17) is 15.2 Å². The molecule has 25 heavy (non-hydrogen) atoms. The maximum atomic E-state index is 9.55. The Kier molecular flexibility index (Phi) is 4.48. The van der Waals surface area contributed by atoms with Crippen LogP contribution in [0.1, 0.15) is 5.56 Å². The molecule has 0 spiro atoms. The molecule has 0 aliphatic carbocycles. The standard InChI is InChI=1S/C19H16N4O2/c1-24-17-8-5-6-12(18(17)25-2)13-10-16(15-7-3-4-9-22-15)23-19(21)14(13)11-20/h3-10H,1-2H3,(H2,21,23). The number of nitriles is 1. The van der Waals surface area contributed by atoms with Gasteiger partial charge < -0.3 is 15.2 Å². The first-order chi connectivity index (χ1) is 12.2. The van der Waals surface area contributed by atoms with E-state index in [1.165, 1.54) is 0 Å². The average molecular weight is 332 g/mol. The number of hydrogen-bond donors (Lipinski definition) is 1. The number of anilines is 1. The van der Waals surface area contributed by atoms with Crippen molar-refractivity contribution in [3.05, 3.63) is 54.2 Å². The zero-order valence-corrected chi connectivity index (χ0v) is 13.9. The fourth-order valence-corrected chi connectivity index (χ4v) is 2.64. The summed E-state index contributed by atoms with van der Waals surface area (Å²) in [5, 5.41) is 9.55. The van der Waals surface area contributed by atoms with Crippen molar-refractivity contribution in [1.82, 2.24) is 9.97 Å². The molecule has 0 radical (unpaired) electrons. The van der Waals surface area contributed by atoms with E-state index in [-0.39, 0.29) is 11.4 Å². The molecule has 1 aromatic carbocycles. The topological polar surface area (TPSA) is 94.0 Å². The Labute approximate surface area is 145 Å². The van der Waals surface area contributed by atoms with Crippen LogP contribution >= 0.6 is 0 Å². The van der Waals surface area contributed by atoms with Gasteiger partial charge in [-0.2, -0.15) is 5.26 Å². The third-order valence-electron chi connectivity index (χ3n) is 3.78. The molecule has 0 unspecified atom stereocenters. The number of nitrogens with two attached hydrogens (primary N) is 1. The van der Waals surface area contributed by atoms with Crippen LogP contribution in [0.25, 0.3) is 22.5 Å². The minimum atomic E-state index is 0.144. The minimum Gasteiger partial charge on any atom is -0.493 e. The second-order valence-electron chi connectivity index (χ2n) is 5.18. The number of nitrogen functional groups attached to an aromatic ring is 1. The van der Waals surface area contributed by atoms with E-state index in [1.807, 2.05) is 30.3 Å². The van der Waals surface area contributed by atoms with Crippen LogP contribution in [0.2, 0.25) is 0 Å². The van der Waals surface area contributed by atoms with Crippen LogP contribution in [0, 0.1) is 11.3 Å². The second kappa shape index (κ2) is 6.89. The number of rotatable bonds is 4. The lowest BCUT2D eigenvalue weighted by Crippen LogP contribution is -2.01. The molecular formula is C19H16N4O2. The van der Waals surface area contributed by atoms with E-state index in [2.05, 4.69) is 16.0 Å². The van der Waals surface area contributed by atoms with Crippen molar-refractivity contribution in [2.45, 2.75) is 0 Å². The van der Waals surface area contributed by atoms with Gasteiger partial charge in [0, 0.05) is 17.3 Å². The molecule has 3 rings (SSSR count). The molecule has 6 heteroatoms. The Morgan fingerprint density at radius 3 is 2.48 bits per heavy atom. The van der Waals surface area contributed by atoms with Crippen LogP contribution in [0.3, 0.4) is 0 Å². The monoisotopic (exact) mass is 332 g/mol. The van der Waals surface area contributed by atoms with E-state index in [9.17, 15) is 5.26 Å². The van der Waals surface area contributed by atoms with Gasteiger partial charge >= 0.3 is 0 Å². The van der Waals surface area contributed by atoms with Crippen molar-refractivity contribution in [2.24, 2.45) is 0 Å². The van der Waals surface area contributed by atoms with Crippen LogP contribution < -0.4 is 15.2 Å². The van der Waals surface area contributed by atoms with Gasteiger partial charge in [0.2, 0.25) is 0 Å². The normalized spacial score (nSPS) is 10.1. The summed E-state index contributed by atoms with van der Waals surface area (Å²) < 4.78 is 10.8. The molecule has 0 bridgehead atoms. The predicted octanol–water partition coefficient (Wildman–Crippen LogP) is 3.28. The van der Waals surface area contributed by atoms with Gasteiger partial charge in [-0.3, -0.25) is 4.98 Å². The molecule has 6 nitrogen and oxygen atoms in total. The van der Waals surface area contributed by atoms with E-state index in [0.717, 1.165) is 0 Å². The van der Waals surface area contributed by atoms with Gasteiger partial charge in [-0.15, -0.1) is 0 Å². The lowest BCUT2D eigenvalue weighted by atomic mass is 9.98. The van der Waals surface area contributed by atoms with Crippen LogP contribution in [0.4, 0.5) is 5.82 Å². The van der Waals surface area contributed by atoms with Crippen LogP contribution in [-0.2, 0) is 0 Å². The maximum Gasteiger partial charge on any atom is 0.168 e. The molecule has 2 heterocycles. The van der Waals surface area contributed by atoms with Crippen molar-refractivity contribution in [1.29, 1.82) is 5.26 Å². The fourth-order valence-electron chi connectivity index (χ4n) is 2.64. The maximum absolute atomic E-state index is 9.55. The molecule has 0 aliphatic heterocycles. The van der Waals surface area contributed by atoms with Gasteiger partial charge in [0.05, 0.1) is 25.6 Å². The van der Waals surface area contributed by atoms with Gasteiger partial charge in [0.15, 0.2) is 11.5 Å². The van der Waals surface area contributed by atoms with Crippen molar-refractivity contribution >= 4 is 5.82 Å². The lowest BCUT2D eigenvalue weighted by Gasteiger charge is -2.15. The molecule has 0 saturated heterocycles. The molecule has 0 atom stereocenters. The Morgan fingerprint density at radius 2 is 1.84 bits per heavy atom. The van der Waals surface area contributed by atoms with Crippen molar-refractivity contribution in [3.63, 3.8) is 0 Å². The number of pyridine rings is 2. The molecular weight excluding hydrogens is 316 g/mol. The van der Waals surface area contributed by atoms with Crippen LogP contribution in [0.15, 0.2) is 48.7 Å². The summed E-state index contributed by atoms with van der Waals surface area (Å²) in [6.45, 7) is 0. The van der Waals surface area contributed by atoms with Crippen molar-refractivity contribution in [3.8, 4) is 40.1 Å². The first-order valence-corrected chi connectivity index (χ1v) is 7.53. The van der Waals surface area contributed by atoms with E-state index in [0.29, 0.717) is 34.0 Å². The molecule has 0 aliphatic rings. The Hall–Kier alpha value is -3.59. The number of ether oxygens (including phenoxy) is 2. The van der Waals surface area contributed by atoms with Gasteiger partial charge in [0.25, 0.3) is 0 Å². The first-order valence-electron chi connectivity index (χ1n) is 7.53. The Balaban J connectivity index is 2.30. The lowest BCUT2D eigenvalue weighted by molar-refractivity contribution is 0.356. The highest BCUT2D eigenvalue weighted by atomic mass is 16.5. The summed E-state index contributed by atoms with van der Waals surface area (Å²) in [4.78, 5) is 8.62. The summed E-state index contributed by atoms with van der Waals surface area (Å²) in [6, 6.07) is 14.9. The fraction of sp³-hybridized carbons (Fsp3) is 0.105. The molecule has 2 aromatic heterocycles. The third-order valence-corrected chi connectivity index (χ3v) is 3.78. The highest BCUT2D eigenvalue weighted by Crippen LogP contribution is 2.41. The predicted molar refractivity (Wildman–Crippen MR) is 95.1 cm³/mol. The highest BCUT2D eigenvalue weighted by molar-refractivity contribution is 5.84. The molecule has 124 valence electrons. The number of hydrogen-bond acceptors (Lipinski definition) is 6. The van der Waals surface area contributed by atoms with E-state index < -0.39 is 0 Å². The molecule has 0 amide bonds. The average Bonchev–Trinajstić information content (AvgIpc) is 2.67. The van der Waals surface area contributed by atoms with Gasteiger partial charge in [-0.25, -0.2) is 4.98 Å². The summed E-state index contributed by atoms with van der Waals surface area (Å²) in [6.07, 6.45) is 1.68. The number of aromatic nitrogens is 2. The summed E-state index contributed by atoms with van der Waals surface area (Å²) >= 11 is 0. The Morgan fingerprint density at radius 1 is 1.00 bits per heavy atom. The zero-order chi connectivity index (χ0) is 17.8. The van der Waals surface area contributed by atoms with E-state index in [1.54, 1.807) is 32.5 Å². The largest absolute Gasteiger partial charge is 0.493 e. The smallest absolute Gasteiger partial charge is 0.168 e. The van der Waals surface area contributed by atoms with Crippen molar-refractivity contribution in [2.75, 3.05) is 20.0 Å². The van der Waals surface area contributed by atoms with Gasteiger partial charge in [-0.05, 0) is 24.3 Å². The number of benzene rings is 1. The second-order valence-corrected chi connectivity index (χ2v) is 5.18. The highest BCUT2D eigenvalue weighted by Gasteiger charge is 2.19. The van der Waals surface area contributed by atoms with E-state index >= 15 is 0 Å². The van der Waals surface area contributed by atoms with Crippen molar-refractivity contribution < 1.29 is 9.47 Å². The molecule has 2 N–H and O–H groups in total. The molecule has 3 aromatic rings. The summed E-state index contributed by atoms with van der Waals surface area (Å²) in [5.74, 6) is 1.24. The number of nitrogens with zero attached hydrogens (tertiary/aromatic N) is 3.